The van der Waals surface area contributed by atoms with Gasteiger partial charge in [0.05, 0.1) is 12.2 Å². The summed E-state index contributed by atoms with van der Waals surface area (Å²) in [5.74, 6) is 0.344. The highest BCUT2D eigenvalue weighted by atomic mass is 16.2. The molecule has 3 heterocycles. The molecule has 148 valence electrons. The van der Waals surface area contributed by atoms with E-state index in [-0.39, 0.29) is 5.91 Å². The van der Waals surface area contributed by atoms with Crippen LogP contribution < -0.4 is 4.90 Å². The number of anilines is 1. The van der Waals surface area contributed by atoms with Crippen molar-refractivity contribution in [2.45, 2.75) is 27.3 Å². The Kier molecular flexibility index (Phi) is 4.20. The van der Waals surface area contributed by atoms with E-state index in [4.69, 9.17) is 0 Å². The number of fused-ring (bicyclic) bond motifs is 3. The number of aryl methyl sites for hydroxylation is 3. The van der Waals surface area contributed by atoms with E-state index in [0.717, 1.165) is 33.9 Å². The van der Waals surface area contributed by atoms with Gasteiger partial charge in [-0.15, -0.1) is 0 Å². The molecule has 2 aromatic carbocycles. The Morgan fingerprint density at radius 1 is 0.867 bits per heavy atom. The minimum absolute atomic E-state index is 0.136. The molecule has 0 unspecified atom stereocenters. The van der Waals surface area contributed by atoms with Crippen LogP contribution in [0.15, 0.2) is 60.7 Å². The van der Waals surface area contributed by atoms with Crippen LogP contribution in [0, 0.1) is 20.8 Å². The maximum atomic E-state index is 13.5. The van der Waals surface area contributed by atoms with Crippen molar-refractivity contribution >= 4 is 11.6 Å². The lowest BCUT2D eigenvalue weighted by Gasteiger charge is -2.30. The van der Waals surface area contributed by atoms with Gasteiger partial charge in [-0.25, -0.2) is 14.6 Å². The summed E-state index contributed by atoms with van der Waals surface area (Å²) in [4.78, 5) is 24.3. The number of carbonyl (C=O) groups excluding carboxylic acids is 1. The van der Waals surface area contributed by atoms with Gasteiger partial charge in [-0.05, 0) is 50.1 Å². The molecule has 0 saturated carbocycles. The molecule has 0 radical (unpaired) electrons. The number of rotatable bonds is 2. The summed E-state index contributed by atoms with van der Waals surface area (Å²) in [6.45, 7) is 6.26. The van der Waals surface area contributed by atoms with Crippen LogP contribution in [0.5, 0.6) is 0 Å². The highest BCUT2D eigenvalue weighted by Gasteiger charge is 2.28. The number of amides is 1. The lowest BCUT2D eigenvalue weighted by atomic mass is 9.93. The molecule has 0 N–H and O–H groups in total. The lowest BCUT2D eigenvalue weighted by molar-refractivity contribution is 0.0979. The van der Waals surface area contributed by atoms with Gasteiger partial charge in [0, 0.05) is 22.6 Å². The fraction of sp³-hybridized carbons (Fsp3) is 0.167. The fourth-order valence-corrected chi connectivity index (χ4v) is 4.02. The molecule has 1 amide bonds. The summed E-state index contributed by atoms with van der Waals surface area (Å²) < 4.78 is 1.64. The third-order valence-corrected chi connectivity index (χ3v) is 5.34. The lowest BCUT2D eigenvalue weighted by Crippen LogP contribution is -2.33. The summed E-state index contributed by atoms with van der Waals surface area (Å²) in [5, 5.41) is 4.57. The number of benzene rings is 2. The van der Waals surface area contributed by atoms with Crippen molar-refractivity contribution in [3.05, 3.63) is 89.0 Å². The second kappa shape index (κ2) is 6.91. The van der Waals surface area contributed by atoms with E-state index in [1.165, 1.54) is 5.56 Å². The molecule has 4 aromatic rings. The number of aromatic nitrogens is 4. The Hall–Kier alpha value is -3.80. The van der Waals surface area contributed by atoms with E-state index >= 15 is 0 Å². The molecule has 1 aliphatic rings. The van der Waals surface area contributed by atoms with Gasteiger partial charge in [0.1, 0.15) is 0 Å². The average Bonchev–Trinajstić information content (AvgIpc) is 3.13. The number of carbonyl (C=O) groups is 1. The maximum Gasteiger partial charge on any atom is 0.279 e. The molecule has 30 heavy (non-hydrogen) atoms. The van der Waals surface area contributed by atoms with Gasteiger partial charge in [0.2, 0.25) is 0 Å². The first-order valence-electron chi connectivity index (χ1n) is 9.90. The first-order valence-corrected chi connectivity index (χ1v) is 9.90. The second-order valence-corrected chi connectivity index (χ2v) is 7.60. The predicted molar refractivity (Wildman–Crippen MR) is 116 cm³/mol. The van der Waals surface area contributed by atoms with Crippen LogP contribution in [-0.2, 0) is 6.54 Å². The minimum atomic E-state index is -0.136. The van der Waals surface area contributed by atoms with Crippen LogP contribution in [0.2, 0.25) is 0 Å². The van der Waals surface area contributed by atoms with Gasteiger partial charge >= 0.3 is 0 Å². The van der Waals surface area contributed by atoms with E-state index in [9.17, 15) is 4.79 Å². The van der Waals surface area contributed by atoms with E-state index < -0.39 is 0 Å². The SMILES string of the molecule is Cc1cc(C)nc(-n2nc(C(=O)N3Cc4ccccc4-c4ccccc43)cc2C)n1. The Morgan fingerprint density at radius 3 is 2.30 bits per heavy atom. The monoisotopic (exact) mass is 395 g/mol. The molecule has 0 aliphatic carbocycles. The van der Waals surface area contributed by atoms with Gasteiger partial charge in [0.25, 0.3) is 11.9 Å². The zero-order valence-corrected chi connectivity index (χ0v) is 17.1. The Balaban J connectivity index is 1.56. The fourth-order valence-electron chi connectivity index (χ4n) is 4.02. The molecule has 6 heteroatoms. The predicted octanol–water partition coefficient (Wildman–Crippen LogP) is 4.41. The Morgan fingerprint density at radius 2 is 1.53 bits per heavy atom. The summed E-state index contributed by atoms with van der Waals surface area (Å²) >= 11 is 0. The summed E-state index contributed by atoms with van der Waals surface area (Å²) in [6, 6.07) is 19.9. The van der Waals surface area contributed by atoms with Crippen LogP contribution >= 0.6 is 0 Å². The Labute approximate surface area is 174 Å². The van der Waals surface area contributed by atoms with Crippen LogP contribution in [0.3, 0.4) is 0 Å². The van der Waals surface area contributed by atoms with Gasteiger partial charge < -0.3 is 4.90 Å². The number of para-hydroxylation sites is 1. The van der Waals surface area contributed by atoms with Gasteiger partial charge in [0.15, 0.2) is 5.69 Å². The quantitative estimate of drug-likeness (QED) is 0.504. The van der Waals surface area contributed by atoms with Crippen molar-refractivity contribution in [3.8, 4) is 17.1 Å². The smallest absolute Gasteiger partial charge is 0.279 e. The molecule has 0 saturated heterocycles. The summed E-state index contributed by atoms with van der Waals surface area (Å²) in [6.07, 6.45) is 0. The van der Waals surface area contributed by atoms with Crippen molar-refractivity contribution in [2.24, 2.45) is 0 Å². The molecule has 5 rings (SSSR count). The highest BCUT2D eigenvalue weighted by Crippen LogP contribution is 2.39. The largest absolute Gasteiger partial charge is 0.302 e. The first kappa shape index (κ1) is 18.2. The van der Waals surface area contributed by atoms with Crippen molar-refractivity contribution in [2.75, 3.05) is 4.90 Å². The van der Waals surface area contributed by atoms with E-state index in [2.05, 4.69) is 33.3 Å². The van der Waals surface area contributed by atoms with Gasteiger partial charge in [-0.1, -0.05) is 42.5 Å². The van der Waals surface area contributed by atoms with E-state index in [1.807, 2.05) is 57.2 Å². The number of hydrogen-bond acceptors (Lipinski definition) is 4. The second-order valence-electron chi connectivity index (χ2n) is 7.60. The molecule has 0 fully saturated rings. The van der Waals surface area contributed by atoms with Crippen molar-refractivity contribution in [3.63, 3.8) is 0 Å². The zero-order valence-electron chi connectivity index (χ0n) is 17.1. The summed E-state index contributed by atoms with van der Waals surface area (Å²) in [5.41, 5.74) is 7.17. The zero-order chi connectivity index (χ0) is 20.8. The molecule has 0 atom stereocenters. The first-order chi connectivity index (χ1) is 14.5. The standard InChI is InChI=1S/C24H21N5O/c1-15-12-16(2)26-24(25-15)29-17(3)13-21(27-29)23(30)28-14-18-8-4-5-9-19(18)20-10-6-7-11-22(20)28/h4-13H,14H2,1-3H3. The molecule has 0 bridgehead atoms. The van der Waals surface area contributed by atoms with E-state index in [0.29, 0.717) is 18.2 Å². The van der Waals surface area contributed by atoms with Crippen LogP contribution in [0.25, 0.3) is 17.1 Å². The number of nitrogens with zero attached hydrogens (tertiary/aromatic N) is 5. The minimum Gasteiger partial charge on any atom is -0.302 e. The average molecular weight is 395 g/mol. The molecule has 6 nitrogen and oxygen atoms in total. The normalized spacial score (nSPS) is 12.4. The molecular weight excluding hydrogens is 374 g/mol. The van der Waals surface area contributed by atoms with Crippen LogP contribution in [0.1, 0.15) is 33.1 Å². The topological polar surface area (TPSA) is 63.9 Å². The maximum absolute atomic E-state index is 13.5. The third kappa shape index (κ3) is 2.97. The molecular formula is C24H21N5O. The third-order valence-electron chi connectivity index (χ3n) is 5.34. The molecule has 2 aromatic heterocycles. The van der Waals surface area contributed by atoms with Crippen molar-refractivity contribution in [1.82, 2.24) is 19.7 Å². The van der Waals surface area contributed by atoms with Crippen molar-refractivity contribution < 1.29 is 4.79 Å². The molecule has 1 aliphatic heterocycles. The van der Waals surface area contributed by atoms with E-state index in [1.54, 1.807) is 15.6 Å². The van der Waals surface area contributed by atoms with Crippen LogP contribution in [-0.4, -0.2) is 25.7 Å². The van der Waals surface area contributed by atoms with Gasteiger partial charge in [-0.2, -0.15) is 5.10 Å². The molecule has 0 spiro atoms. The highest BCUT2D eigenvalue weighted by molar-refractivity contribution is 6.08. The van der Waals surface area contributed by atoms with Gasteiger partial charge in [-0.3, -0.25) is 4.79 Å². The Bertz CT molecular complexity index is 1270. The van der Waals surface area contributed by atoms with Crippen LogP contribution in [0.4, 0.5) is 5.69 Å². The summed E-state index contributed by atoms with van der Waals surface area (Å²) in [7, 11) is 0. The van der Waals surface area contributed by atoms with Crippen molar-refractivity contribution in [1.29, 1.82) is 0 Å². The number of hydrogen-bond donors (Lipinski definition) is 0.